The van der Waals surface area contributed by atoms with E-state index in [0.29, 0.717) is 30.0 Å². The normalized spacial score (nSPS) is 10.1. The Morgan fingerprint density at radius 1 is 0.507 bits per heavy atom. The number of rotatable bonds is 8. The van der Waals surface area contributed by atoms with Crippen LogP contribution in [-0.4, -0.2) is 54.4 Å². The van der Waals surface area contributed by atoms with E-state index < -0.39 is 0 Å². The highest BCUT2D eigenvalue weighted by atomic mass is 32.1. The second-order valence-electron chi connectivity index (χ2n) is 14.9. The smallest absolute Gasteiger partial charge is 0.185 e. The van der Waals surface area contributed by atoms with Crippen LogP contribution in [0.15, 0.2) is 198 Å². The molecule has 0 unspecified atom stereocenters. The van der Waals surface area contributed by atoms with E-state index in [9.17, 15) is 28.8 Å². The molecule has 0 aliphatic rings. The molecular formula is C58H46N2O8S. The van der Waals surface area contributed by atoms with E-state index in [1.807, 2.05) is 156 Å². The number of methoxy groups -OCH3 is 1. The number of fused-ring (bicyclic) bond motifs is 6. The monoisotopic (exact) mass is 930 g/mol. The first kappa shape index (κ1) is 49.7. The topological polar surface area (TPSA) is 143 Å². The summed E-state index contributed by atoms with van der Waals surface area (Å²) >= 11 is 1.45. The van der Waals surface area contributed by atoms with Gasteiger partial charge in [0.2, 0.25) is 0 Å². The molecule has 11 aromatic rings. The van der Waals surface area contributed by atoms with Gasteiger partial charge in [0, 0.05) is 40.8 Å². The molecule has 10 nitrogen and oxygen atoms in total. The zero-order valence-corrected chi connectivity index (χ0v) is 38.5. The lowest BCUT2D eigenvalue weighted by atomic mass is 9.98. The van der Waals surface area contributed by atoms with Gasteiger partial charge in [-0.3, -0.25) is 33.8 Å². The average Bonchev–Trinajstić information content (AvgIpc) is 4.20. The molecule has 4 heterocycles. The van der Waals surface area contributed by atoms with E-state index >= 15 is 0 Å². The van der Waals surface area contributed by atoms with Crippen LogP contribution in [0, 0.1) is 6.92 Å². The quantitative estimate of drug-likeness (QED) is 0.107. The van der Waals surface area contributed by atoms with Crippen molar-refractivity contribution in [1.29, 1.82) is 0 Å². The molecule has 0 atom stereocenters. The summed E-state index contributed by atoms with van der Waals surface area (Å²) in [5.74, 6) is 1.16. The summed E-state index contributed by atoms with van der Waals surface area (Å²) in [6, 6.07) is 57.8. The number of hydrogen-bond acceptors (Lipinski definition) is 10. The van der Waals surface area contributed by atoms with Crippen molar-refractivity contribution in [3.8, 4) is 0 Å². The molecule has 11 rings (SSSR count). The lowest BCUT2D eigenvalue weighted by molar-refractivity contribution is 0.107. The number of hydrogen-bond donors (Lipinski definition) is 0. The molecule has 4 aromatic heterocycles. The van der Waals surface area contributed by atoms with Crippen LogP contribution in [0.2, 0.25) is 0 Å². The number of ether oxygens (including phenoxy) is 1. The Morgan fingerprint density at radius 2 is 1.12 bits per heavy atom. The van der Waals surface area contributed by atoms with Gasteiger partial charge < -0.3 is 13.7 Å². The van der Waals surface area contributed by atoms with Gasteiger partial charge in [-0.05, 0) is 93.2 Å². The number of thiophene rings is 1. The minimum atomic E-state index is 0.391. The van der Waals surface area contributed by atoms with Crippen LogP contribution in [0.3, 0.4) is 0 Å². The Bertz CT molecular complexity index is 3370. The van der Waals surface area contributed by atoms with E-state index in [-0.39, 0.29) is 0 Å². The van der Waals surface area contributed by atoms with E-state index in [1.165, 1.54) is 16.7 Å². The summed E-state index contributed by atoms with van der Waals surface area (Å²) in [5, 5.41) is 10.6. The zero-order chi connectivity index (χ0) is 48.8. The maximum absolute atomic E-state index is 11.1. The van der Waals surface area contributed by atoms with Crippen LogP contribution < -0.4 is 0 Å². The second-order valence-corrected chi connectivity index (χ2v) is 15.8. The van der Waals surface area contributed by atoms with Crippen LogP contribution in [0.5, 0.6) is 0 Å². The number of carbonyl (C=O) groups is 6. The van der Waals surface area contributed by atoms with Gasteiger partial charge in [0.05, 0.1) is 21.6 Å². The highest BCUT2D eigenvalue weighted by Crippen LogP contribution is 2.28. The molecule has 0 fully saturated rings. The van der Waals surface area contributed by atoms with Gasteiger partial charge in [0.25, 0.3) is 0 Å². The van der Waals surface area contributed by atoms with Crippen molar-refractivity contribution in [1.82, 2.24) is 9.55 Å². The van der Waals surface area contributed by atoms with Gasteiger partial charge in [-0.1, -0.05) is 133 Å². The van der Waals surface area contributed by atoms with Gasteiger partial charge in [-0.15, -0.1) is 11.3 Å². The average molecular weight is 931 g/mol. The van der Waals surface area contributed by atoms with Crippen molar-refractivity contribution in [2.45, 2.75) is 13.7 Å². The molecule has 0 saturated carbocycles. The number of nitrogens with zero attached hydrogens (tertiary/aromatic N) is 2. The van der Waals surface area contributed by atoms with Gasteiger partial charge in [0.15, 0.2) is 43.5 Å². The molecule has 0 radical (unpaired) electrons. The number of carbonyl (C=O) groups excluding carboxylic acids is 6. The van der Waals surface area contributed by atoms with Gasteiger partial charge in [0.1, 0.15) is 12.5 Å². The first-order valence-corrected chi connectivity index (χ1v) is 22.3. The van der Waals surface area contributed by atoms with E-state index in [0.717, 1.165) is 102 Å². The van der Waals surface area contributed by atoms with Gasteiger partial charge in [-0.25, -0.2) is 0 Å². The molecule has 0 aliphatic heterocycles. The lowest BCUT2D eigenvalue weighted by Gasteiger charge is -2.05. The zero-order valence-electron chi connectivity index (χ0n) is 37.7. The van der Waals surface area contributed by atoms with Crippen molar-refractivity contribution in [2.24, 2.45) is 0 Å². The standard InChI is InChI=1S/C15H10O.C11H11NO2.C11H8O.C10H7NO.C6H6O2.C5H4OS/c16-10-12-9-11-5-1-2-6-13(11)15-8-4-3-7-14(12)15;1-14-8-12-10(7-13)6-9-4-2-3-5-11(9)12;12-8-10-6-3-5-9-4-1-2-7-11(9)10;12-7-9-4-1-3-8-5-2-6-11-10(8)9;1-5-2-3-6(4-7)8-5;6-4-5-2-1-3-7-5/h1-10H;2-7H,8H2,1H3;1-8H;1-7H;2-4H,1H3;1-4H. The minimum absolute atomic E-state index is 0.391. The van der Waals surface area contributed by atoms with Crippen molar-refractivity contribution in [3.05, 3.63) is 232 Å². The summed E-state index contributed by atoms with van der Waals surface area (Å²) < 4.78 is 11.8. The summed E-state index contributed by atoms with van der Waals surface area (Å²) in [6.45, 7) is 2.20. The molecular weight excluding hydrogens is 885 g/mol. The van der Waals surface area contributed by atoms with Crippen molar-refractivity contribution >= 4 is 103 Å². The van der Waals surface area contributed by atoms with Crippen molar-refractivity contribution < 1.29 is 37.9 Å². The number of aryl methyl sites for hydroxylation is 1. The molecule has 0 aliphatic carbocycles. The predicted octanol–water partition coefficient (Wildman–Crippen LogP) is 13.5. The highest BCUT2D eigenvalue weighted by molar-refractivity contribution is 7.11. The number of furan rings is 1. The molecule has 342 valence electrons. The number of aldehydes is 6. The third-order valence-corrected chi connectivity index (χ3v) is 11.2. The van der Waals surface area contributed by atoms with Gasteiger partial charge >= 0.3 is 0 Å². The SMILES string of the molecule is COCn1c(C=O)cc2ccccc21.Cc1ccc(C=O)o1.O=Cc1cc2ccccc2c2ccccc12.O=Cc1cccc2ccccc12.O=Cc1cccc2cccnc12.O=Cc1cccs1. The molecule has 11 heteroatoms. The molecule has 0 spiro atoms. The second kappa shape index (κ2) is 25.8. The Kier molecular flexibility index (Phi) is 18.6. The summed E-state index contributed by atoms with van der Waals surface area (Å²) in [4.78, 5) is 67.8. The van der Waals surface area contributed by atoms with E-state index in [4.69, 9.17) is 9.15 Å². The number of para-hydroxylation sites is 2. The maximum Gasteiger partial charge on any atom is 0.185 e. The lowest BCUT2D eigenvalue weighted by Crippen LogP contribution is -2.03. The summed E-state index contributed by atoms with van der Waals surface area (Å²) in [7, 11) is 1.61. The van der Waals surface area contributed by atoms with Crippen LogP contribution in [0.4, 0.5) is 0 Å². The van der Waals surface area contributed by atoms with Gasteiger partial charge in [-0.2, -0.15) is 0 Å². The Hall–Kier alpha value is -8.77. The Morgan fingerprint density at radius 3 is 1.72 bits per heavy atom. The first-order chi connectivity index (χ1) is 33.8. The van der Waals surface area contributed by atoms with Crippen molar-refractivity contribution in [3.63, 3.8) is 0 Å². The predicted molar refractivity (Wildman–Crippen MR) is 276 cm³/mol. The van der Waals surface area contributed by atoms with E-state index in [1.54, 1.807) is 44.5 Å². The third-order valence-electron chi connectivity index (χ3n) is 10.4. The molecule has 0 saturated heterocycles. The summed E-state index contributed by atoms with van der Waals surface area (Å²) in [6.07, 6.45) is 6.72. The maximum atomic E-state index is 11.1. The first-order valence-electron chi connectivity index (χ1n) is 21.5. The Labute approximate surface area is 402 Å². The molecule has 7 aromatic carbocycles. The number of aromatic nitrogens is 2. The molecule has 69 heavy (non-hydrogen) atoms. The highest BCUT2D eigenvalue weighted by Gasteiger charge is 2.07. The van der Waals surface area contributed by atoms with Crippen molar-refractivity contribution in [2.75, 3.05) is 7.11 Å². The largest absolute Gasteiger partial charge is 0.459 e. The molecule has 0 bridgehead atoms. The summed E-state index contributed by atoms with van der Waals surface area (Å²) in [5.41, 5.74) is 4.61. The minimum Gasteiger partial charge on any atom is -0.459 e. The third kappa shape index (κ3) is 13.2. The van der Waals surface area contributed by atoms with Crippen LogP contribution in [-0.2, 0) is 11.5 Å². The molecule has 0 N–H and O–H groups in total. The van der Waals surface area contributed by atoms with Crippen LogP contribution in [0.1, 0.15) is 67.5 Å². The fourth-order valence-electron chi connectivity index (χ4n) is 7.23. The number of pyridine rings is 1. The fraction of sp³-hybridized carbons (Fsp3) is 0.0517. The van der Waals surface area contributed by atoms with Crippen LogP contribution >= 0.6 is 11.3 Å². The fourth-order valence-corrected chi connectivity index (χ4v) is 7.76. The van der Waals surface area contributed by atoms with E-state index in [2.05, 4.69) is 17.1 Å². The van der Waals surface area contributed by atoms with Crippen LogP contribution in [0.25, 0.3) is 54.1 Å². The molecule has 0 amide bonds. The Balaban J connectivity index is 0.000000139. The number of benzene rings is 7.